The molecule has 1 aromatic rings. The molecule has 6 nitrogen and oxygen atoms in total. The number of carbonyl (C=O) groups excluding carboxylic acids is 2. The lowest BCUT2D eigenvalue weighted by Gasteiger charge is -2.23. The van der Waals surface area contributed by atoms with Crippen LogP contribution in [0.25, 0.3) is 0 Å². The molecule has 0 saturated heterocycles. The van der Waals surface area contributed by atoms with Crippen molar-refractivity contribution < 1.29 is 19.5 Å². The van der Waals surface area contributed by atoms with E-state index in [0.29, 0.717) is 30.1 Å². The van der Waals surface area contributed by atoms with Gasteiger partial charge < -0.3 is 15.7 Å². The van der Waals surface area contributed by atoms with Crippen LogP contribution in [0.4, 0.5) is 5.69 Å². The van der Waals surface area contributed by atoms with Gasteiger partial charge in [0.25, 0.3) is 0 Å². The number of rotatable bonds is 7. The lowest BCUT2D eigenvalue weighted by molar-refractivity contribution is -0.137. The number of nitrogens with one attached hydrogen (secondary N) is 2. The number of unbranched alkanes of at least 4 members (excludes halogenated alkanes) is 1. The summed E-state index contributed by atoms with van der Waals surface area (Å²) in [7, 11) is 0. The van der Waals surface area contributed by atoms with Crippen LogP contribution < -0.4 is 10.6 Å². The minimum Gasteiger partial charge on any atom is -0.481 e. The molecule has 124 valence electrons. The van der Waals surface area contributed by atoms with E-state index in [4.69, 9.17) is 16.7 Å². The van der Waals surface area contributed by atoms with Crippen molar-refractivity contribution >= 4 is 46.8 Å². The number of thioether (sulfide) groups is 1. The summed E-state index contributed by atoms with van der Waals surface area (Å²) in [5, 5.41) is 14.0. The van der Waals surface area contributed by atoms with E-state index in [2.05, 4.69) is 10.6 Å². The van der Waals surface area contributed by atoms with Gasteiger partial charge in [0.05, 0.1) is 10.9 Å². The van der Waals surface area contributed by atoms with Crippen LogP contribution >= 0.6 is 23.4 Å². The van der Waals surface area contributed by atoms with Crippen LogP contribution in [0.15, 0.2) is 23.1 Å². The minimum absolute atomic E-state index is 0.0809. The highest BCUT2D eigenvalue weighted by Crippen LogP contribution is 2.38. The van der Waals surface area contributed by atoms with Crippen LogP contribution in [0.2, 0.25) is 5.02 Å². The first-order valence-electron chi connectivity index (χ1n) is 7.21. The van der Waals surface area contributed by atoms with Crippen LogP contribution in [0.1, 0.15) is 25.7 Å². The van der Waals surface area contributed by atoms with Crippen molar-refractivity contribution in [3.8, 4) is 0 Å². The number of aliphatic carboxylic acids is 1. The van der Waals surface area contributed by atoms with Crippen LogP contribution in [0.3, 0.4) is 0 Å². The van der Waals surface area contributed by atoms with E-state index in [-0.39, 0.29) is 24.7 Å². The summed E-state index contributed by atoms with van der Waals surface area (Å²) in [6.07, 6.45) is 1.29. The third kappa shape index (κ3) is 5.44. The van der Waals surface area contributed by atoms with Crippen molar-refractivity contribution in [1.29, 1.82) is 0 Å². The number of anilines is 1. The Morgan fingerprint density at radius 3 is 2.87 bits per heavy atom. The van der Waals surface area contributed by atoms with E-state index in [1.165, 1.54) is 11.8 Å². The first-order chi connectivity index (χ1) is 11.0. The Bertz CT molecular complexity index is 623. The van der Waals surface area contributed by atoms with Gasteiger partial charge >= 0.3 is 5.97 Å². The molecule has 1 unspecified atom stereocenters. The highest BCUT2D eigenvalue weighted by atomic mass is 35.5. The SMILES string of the molecule is O=C(O)CCCCNC(=O)CC1Sc2ccc(Cl)cc2NC1=O. The largest absolute Gasteiger partial charge is 0.481 e. The van der Waals surface area contributed by atoms with Gasteiger partial charge in [-0.3, -0.25) is 14.4 Å². The van der Waals surface area contributed by atoms with E-state index < -0.39 is 11.2 Å². The molecule has 1 aliphatic heterocycles. The lowest BCUT2D eigenvalue weighted by Crippen LogP contribution is -2.35. The molecule has 23 heavy (non-hydrogen) atoms. The van der Waals surface area contributed by atoms with E-state index >= 15 is 0 Å². The van der Waals surface area contributed by atoms with Gasteiger partial charge in [-0.05, 0) is 31.0 Å². The zero-order chi connectivity index (χ0) is 16.8. The normalized spacial score (nSPS) is 16.4. The van der Waals surface area contributed by atoms with Crippen LogP contribution in [0, 0.1) is 0 Å². The molecule has 0 spiro atoms. The van der Waals surface area contributed by atoms with Gasteiger partial charge in [-0.1, -0.05) is 11.6 Å². The average molecular weight is 357 g/mol. The molecule has 2 amide bonds. The number of carboxylic acid groups (broad SMARTS) is 1. The topological polar surface area (TPSA) is 95.5 Å². The maximum absolute atomic E-state index is 12.0. The van der Waals surface area contributed by atoms with Gasteiger partial charge in [-0.15, -0.1) is 11.8 Å². The molecule has 1 aromatic carbocycles. The van der Waals surface area contributed by atoms with Gasteiger partial charge in [-0.2, -0.15) is 0 Å². The van der Waals surface area contributed by atoms with E-state index in [0.717, 1.165) is 4.90 Å². The number of carboxylic acids is 1. The molecule has 3 N–H and O–H groups in total. The predicted octanol–water partition coefficient (Wildman–Crippen LogP) is 2.51. The Balaban J connectivity index is 1.79. The molecule has 0 aliphatic carbocycles. The van der Waals surface area contributed by atoms with Crippen molar-refractivity contribution in [2.75, 3.05) is 11.9 Å². The standard InChI is InChI=1S/C15H17ClN2O4S/c16-9-4-5-11-10(7-9)18-15(22)12(23-11)8-13(19)17-6-2-1-3-14(20)21/h4-5,7,12H,1-3,6,8H2,(H,17,19)(H,18,22)(H,20,21). The van der Waals surface area contributed by atoms with Crippen molar-refractivity contribution in [2.24, 2.45) is 0 Å². The molecule has 1 atom stereocenters. The Labute approximate surface area is 143 Å². The first kappa shape index (κ1) is 17.6. The van der Waals surface area contributed by atoms with Crippen LogP contribution in [0.5, 0.6) is 0 Å². The third-order valence-electron chi connectivity index (χ3n) is 3.27. The molecular formula is C15H17ClN2O4S. The van der Waals surface area contributed by atoms with Gasteiger partial charge in [-0.25, -0.2) is 0 Å². The fourth-order valence-electron chi connectivity index (χ4n) is 2.13. The molecule has 0 fully saturated rings. The van der Waals surface area contributed by atoms with Gasteiger partial charge in [0.2, 0.25) is 11.8 Å². The summed E-state index contributed by atoms with van der Waals surface area (Å²) in [6, 6.07) is 5.24. The molecular weight excluding hydrogens is 340 g/mol. The lowest BCUT2D eigenvalue weighted by atomic mass is 10.2. The average Bonchev–Trinajstić information content (AvgIpc) is 2.47. The third-order valence-corrected chi connectivity index (χ3v) is 4.78. The number of halogens is 1. The molecule has 1 heterocycles. The van der Waals surface area contributed by atoms with Gasteiger partial charge in [0.1, 0.15) is 0 Å². The number of hydrogen-bond donors (Lipinski definition) is 3. The summed E-state index contributed by atoms with van der Waals surface area (Å²) >= 11 is 7.23. The Morgan fingerprint density at radius 2 is 2.13 bits per heavy atom. The summed E-state index contributed by atoms with van der Waals surface area (Å²) in [5.41, 5.74) is 0.665. The number of benzene rings is 1. The molecule has 0 saturated carbocycles. The first-order valence-corrected chi connectivity index (χ1v) is 8.47. The predicted molar refractivity (Wildman–Crippen MR) is 88.8 cm³/mol. The van der Waals surface area contributed by atoms with Crippen molar-refractivity contribution in [3.63, 3.8) is 0 Å². The van der Waals surface area contributed by atoms with Crippen molar-refractivity contribution in [2.45, 2.75) is 35.8 Å². The fourth-order valence-corrected chi connectivity index (χ4v) is 3.39. The fraction of sp³-hybridized carbons (Fsp3) is 0.400. The van der Waals surface area contributed by atoms with Crippen molar-refractivity contribution in [1.82, 2.24) is 5.32 Å². The van der Waals surface area contributed by atoms with Crippen LogP contribution in [-0.2, 0) is 14.4 Å². The number of amides is 2. The summed E-state index contributed by atoms with van der Waals surface area (Å²) in [6.45, 7) is 0.414. The molecule has 0 aromatic heterocycles. The minimum atomic E-state index is -0.842. The zero-order valence-corrected chi connectivity index (χ0v) is 13.9. The van der Waals surface area contributed by atoms with Crippen LogP contribution in [-0.4, -0.2) is 34.7 Å². The quantitative estimate of drug-likeness (QED) is 0.652. The van der Waals surface area contributed by atoms with Gasteiger partial charge in [0.15, 0.2) is 0 Å². The second-order valence-electron chi connectivity index (χ2n) is 5.14. The summed E-state index contributed by atoms with van der Waals surface area (Å²) < 4.78 is 0. The zero-order valence-electron chi connectivity index (χ0n) is 12.3. The second-order valence-corrected chi connectivity index (χ2v) is 6.82. The molecule has 1 aliphatic rings. The number of fused-ring (bicyclic) bond motifs is 1. The Hall–Kier alpha value is -1.73. The second kappa shape index (κ2) is 8.21. The maximum atomic E-state index is 12.0. The summed E-state index contributed by atoms with van der Waals surface area (Å²) in [5.74, 6) is -1.28. The monoisotopic (exact) mass is 356 g/mol. The van der Waals surface area contributed by atoms with Gasteiger partial charge in [0, 0.05) is 29.3 Å². The maximum Gasteiger partial charge on any atom is 0.303 e. The molecule has 0 bridgehead atoms. The smallest absolute Gasteiger partial charge is 0.303 e. The van der Waals surface area contributed by atoms with E-state index in [1.54, 1.807) is 12.1 Å². The molecule has 8 heteroatoms. The van der Waals surface area contributed by atoms with E-state index in [9.17, 15) is 14.4 Å². The molecule has 0 radical (unpaired) electrons. The Morgan fingerprint density at radius 1 is 1.35 bits per heavy atom. The number of carbonyl (C=O) groups is 3. The Kier molecular flexibility index (Phi) is 6.29. The highest BCUT2D eigenvalue weighted by molar-refractivity contribution is 8.01. The highest BCUT2D eigenvalue weighted by Gasteiger charge is 2.28. The van der Waals surface area contributed by atoms with Crippen molar-refractivity contribution in [3.05, 3.63) is 23.2 Å². The summed E-state index contributed by atoms with van der Waals surface area (Å²) in [4.78, 5) is 35.2. The van der Waals surface area contributed by atoms with E-state index in [1.807, 2.05) is 6.07 Å². The molecule has 2 rings (SSSR count). The number of hydrogen-bond acceptors (Lipinski definition) is 4.